The van der Waals surface area contributed by atoms with E-state index >= 15 is 0 Å². The van der Waals surface area contributed by atoms with Crippen LogP contribution in [0.1, 0.15) is 58.8 Å². The molecule has 0 saturated heterocycles. The fourth-order valence-corrected chi connectivity index (χ4v) is 6.79. The zero-order valence-corrected chi connectivity index (χ0v) is 14.9. The number of allylic oxidation sites excluding steroid dienone is 4. The minimum Gasteiger partial charge on any atom is -0.299 e. The quantitative estimate of drug-likeness (QED) is 0.705. The lowest BCUT2D eigenvalue weighted by atomic mass is 9.49. The second-order valence-electron chi connectivity index (χ2n) is 8.52. The first kappa shape index (κ1) is 15.7. The maximum absolute atomic E-state index is 12.4. The molecular weight excluding hydrogens is 307 g/mol. The summed E-state index contributed by atoms with van der Waals surface area (Å²) in [5.74, 6) is 2.28. The first-order valence-electron chi connectivity index (χ1n) is 8.97. The average molecular weight is 333 g/mol. The molecule has 0 aromatic rings. The Balaban J connectivity index is 1.71. The van der Waals surface area contributed by atoms with E-state index in [0.717, 1.165) is 44.9 Å². The van der Waals surface area contributed by atoms with Gasteiger partial charge in [-0.2, -0.15) is 4.89 Å². The van der Waals surface area contributed by atoms with Crippen molar-refractivity contribution in [2.24, 2.45) is 28.6 Å². The van der Waals surface area contributed by atoms with E-state index in [1.165, 1.54) is 5.57 Å². The summed E-state index contributed by atoms with van der Waals surface area (Å²) in [7, 11) is -2.19. The molecule has 0 aromatic carbocycles. The third-order valence-electron chi connectivity index (χ3n) is 7.70. The van der Waals surface area contributed by atoms with E-state index in [0.29, 0.717) is 28.9 Å². The highest BCUT2D eigenvalue weighted by Gasteiger charge is 2.58. The number of rotatable bonds is 1. The minimum absolute atomic E-state index is 0.0764. The Morgan fingerprint density at radius 3 is 2.61 bits per heavy atom. The number of hydrogen-bond donors (Lipinski definition) is 1. The van der Waals surface area contributed by atoms with E-state index in [1.807, 2.05) is 6.08 Å². The van der Waals surface area contributed by atoms with Crippen molar-refractivity contribution in [2.45, 2.75) is 58.8 Å². The summed E-state index contributed by atoms with van der Waals surface area (Å²) in [5.41, 5.74) is 1.34. The highest BCUT2D eigenvalue weighted by atomic mass is 31.1. The molecule has 0 heterocycles. The van der Waals surface area contributed by atoms with Crippen molar-refractivity contribution in [1.82, 2.24) is 0 Å². The Morgan fingerprint density at radius 1 is 1.13 bits per heavy atom. The van der Waals surface area contributed by atoms with Crippen molar-refractivity contribution in [3.8, 4) is 0 Å². The van der Waals surface area contributed by atoms with Crippen LogP contribution in [0, 0.1) is 28.6 Å². The van der Waals surface area contributed by atoms with Gasteiger partial charge in [-0.15, -0.1) is 0 Å². The van der Waals surface area contributed by atoms with Gasteiger partial charge in [-0.3, -0.25) is 4.79 Å². The van der Waals surface area contributed by atoms with E-state index < -0.39 is 8.03 Å². The maximum atomic E-state index is 12.4. The van der Waals surface area contributed by atoms with Gasteiger partial charge in [0.1, 0.15) is 5.78 Å². The number of Topliss-reactive ketones (excluding diaryl/α,β-unsaturated/α-hetero) is 1. The van der Waals surface area contributed by atoms with Crippen molar-refractivity contribution in [1.29, 1.82) is 0 Å². The summed E-state index contributed by atoms with van der Waals surface area (Å²) in [6.07, 6.45) is 11.1. The molecule has 0 bridgehead atoms. The van der Waals surface area contributed by atoms with E-state index in [-0.39, 0.29) is 10.8 Å². The van der Waals surface area contributed by atoms with Crippen LogP contribution in [0.5, 0.6) is 0 Å². The van der Waals surface area contributed by atoms with Crippen molar-refractivity contribution in [3.63, 3.8) is 0 Å². The van der Waals surface area contributed by atoms with Crippen molar-refractivity contribution in [2.75, 3.05) is 0 Å². The van der Waals surface area contributed by atoms with Gasteiger partial charge in [-0.25, -0.2) is 0 Å². The van der Waals surface area contributed by atoms with E-state index in [4.69, 9.17) is 0 Å². The van der Waals surface area contributed by atoms with Crippen molar-refractivity contribution < 1.29 is 14.3 Å². The minimum atomic E-state index is -2.19. The summed E-state index contributed by atoms with van der Waals surface area (Å²) in [6.45, 7) is 4.56. The Morgan fingerprint density at radius 2 is 1.87 bits per heavy atom. The molecule has 0 amide bonds. The second kappa shape index (κ2) is 5.10. The average Bonchev–Trinajstić information content (AvgIpc) is 2.82. The zero-order valence-electron chi connectivity index (χ0n) is 14.0. The molecule has 6 atom stereocenters. The van der Waals surface area contributed by atoms with E-state index in [1.54, 1.807) is 0 Å². The largest absolute Gasteiger partial charge is 0.541 e. The standard InChI is InChI=1S/C19H25O3P/c1-18-9-7-13(23(21)22)11-12(18)3-4-14-15-5-6-17(20)19(15,2)10-8-16(14)18/h3,11,14-16H,4-10H2,1-2H3/p+1/t14-,15-,16-,18-,19-/m0/s1. The molecule has 124 valence electrons. The van der Waals surface area contributed by atoms with Crippen LogP contribution in [0.3, 0.4) is 0 Å². The molecule has 23 heavy (non-hydrogen) atoms. The fourth-order valence-electron chi connectivity index (χ4n) is 6.23. The molecule has 2 saturated carbocycles. The molecule has 3 nitrogen and oxygen atoms in total. The van der Waals surface area contributed by atoms with Crippen LogP contribution in [-0.4, -0.2) is 10.7 Å². The molecule has 0 aliphatic heterocycles. The van der Waals surface area contributed by atoms with Gasteiger partial charge in [0.05, 0.1) is 0 Å². The molecule has 2 fully saturated rings. The normalized spacial score (nSPS) is 46.3. The van der Waals surface area contributed by atoms with Crippen LogP contribution in [0.4, 0.5) is 0 Å². The van der Waals surface area contributed by atoms with Gasteiger partial charge in [-0.05, 0) is 71.5 Å². The van der Waals surface area contributed by atoms with Gasteiger partial charge in [-0.1, -0.05) is 19.9 Å². The lowest BCUT2D eigenvalue weighted by Crippen LogP contribution is -2.49. The summed E-state index contributed by atoms with van der Waals surface area (Å²) < 4.78 is 11.5. The number of fused-ring (bicyclic) bond motifs is 5. The molecule has 4 aliphatic rings. The van der Waals surface area contributed by atoms with Gasteiger partial charge in [0.2, 0.25) is 5.31 Å². The SMILES string of the molecule is C[C@]12CCC([P+](=O)O)=CC1=CC[C@@H]1[C@@H]2CC[C@]2(C)C(=O)CC[C@@H]12. The molecule has 4 aliphatic carbocycles. The summed E-state index contributed by atoms with van der Waals surface area (Å²) in [6, 6.07) is 0. The molecule has 0 radical (unpaired) electrons. The Labute approximate surface area is 139 Å². The summed E-state index contributed by atoms with van der Waals surface area (Å²) in [5, 5.41) is 0.707. The van der Waals surface area contributed by atoms with E-state index in [9.17, 15) is 14.3 Å². The smallest absolute Gasteiger partial charge is 0.299 e. The first-order valence-corrected chi connectivity index (χ1v) is 10.2. The van der Waals surface area contributed by atoms with Gasteiger partial charge in [0, 0.05) is 18.3 Å². The third kappa shape index (κ3) is 2.09. The van der Waals surface area contributed by atoms with Gasteiger partial charge in [0.15, 0.2) is 0 Å². The van der Waals surface area contributed by atoms with Crippen LogP contribution < -0.4 is 0 Å². The van der Waals surface area contributed by atoms with Gasteiger partial charge in [0.25, 0.3) is 0 Å². The Bertz CT molecular complexity index is 649. The highest BCUT2D eigenvalue weighted by molar-refractivity contribution is 7.43. The number of carbonyl (C=O) groups is 1. The number of ketones is 1. The Hall–Kier alpha value is -0.790. The molecule has 4 rings (SSSR count). The molecular formula is C19H26O3P+. The maximum Gasteiger partial charge on any atom is 0.541 e. The second-order valence-corrected chi connectivity index (χ2v) is 9.64. The lowest BCUT2D eigenvalue weighted by molar-refractivity contribution is -0.131. The molecule has 0 aromatic heterocycles. The monoisotopic (exact) mass is 333 g/mol. The Kier molecular flexibility index (Phi) is 3.49. The van der Waals surface area contributed by atoms with Crippen LogP contribution in [-0.2, 0) is 9.36 Å². The predicted molar refractivity (Wildman–Crippen MR) is 90.0 cm³/mol. The van der Waals surface area contributed by atoms with E-state index in [2.05, 4.69) is 19.9 Å². The molecule has 4 heteroatoms. The fraction of sp³-hybridized carbons (Fsp3) is 0.737. The lowest BCUT2D eigenvalue weighted by Gasteiger charge is -2.55. The third-order valence-corrected chi connectivity index (χ3v) is 8.55. The molecule has 1 N–H and O–H groups in total. The van der Waals surface area contributed by atoms with Crippen LogP contribution in [0.2, 0.25) is 0 Å². The number of hydrogen-bond acceptors (Lipinski definition) is 2. The van der Waals surface area contributed by atoms with Crippen LogP contribution in [0.15, 0.2) is 23.0 Å². The van der Waals surface area contributed by atoms with Crippen molar-refractivity contribution >= 4 is 13.8 Å². The number of carbonyl (C=O) groups excluding carboxylic acids is 1. The topological polar surface area (TPSA) is 54.4 Å². The summed E-state index contributed by atoms with van der Waals surface area (Å²) >= 11 is 0. The zero-order chi connectivity index (χ0) is 16.4. The van der Waals surface area contributed by atoms with Gasteiger partial charge >= 0.3 is 8.03 Å². The predicted octanol–water partition coefficient (Wildman–Crippen LogP) is 4.75. The van der Waals surface area contributed by atoms with Crippen molar-refractivity contribution in [3.05, 3.63) is 23.0 Å². The molecule has 0 spiro atoms. The van der Waals surface area contributed by atoms with Gasteiger partial charge < -0.3 is 0 Å². The van der Waals surface area contributed by atoms with Crippen LogP contribution in [0.25, 0.3) is 0 Å². The highest BCUT2D eigenvalue weighted by Crippen LogP contribution is 2.64. The first-order chi connectivity index (χ1) is 10.9. The summed E-state index contributed by atoms with van der Waals surface area (Å²) in [4.78, 5) is 21.8. The molecule has 1 unspecified atom stereocenters. The van der Waals surface area contributed by atoms with Crippen LogP contribution >= 0.6 is 8.03 Å².